The Morgan fingerprint density at radius 2 is 1.66 bits per heavy atom. The molecule has 0 aromatic carbocycles. The van der Waals surface area contributed by atoms with Crippen LogP contribution in [0.15, 0.2) is 0 Å². The van der Waals surface area contributed by atoms with Crippen LogP contribution in [0.25, 0.3) is 0 Å². The monoisotopic (exact) mass is 498 g/mol. The number of amides is 2. The second-order valence-corrected chi connectivity index (χ2v) is 13.7. The minimum atomic E-state index is -3.67. The van der Waals surface area contributed by atoms with Gasteiger partial charge in [0.1, 0.15) is 6.04 Å². The molecule has 2 amide bonds. The fourth-order valence-corrected chi connectivity index (χ4v) is 4.44. The van der Waals surface area contributed by atoms with E-state index in [-0.39, 0.29) is 25.0 Å². The van der Waals surface area contributed by atoms with Gasteiger partial charge in [-0.3, -0.25) is 18.7 Å². The quantitative estimate of drug-likeness (QED) is 0.245. The molecule has 12 heteroatoms. The number of carbonyl (C=O) groups excluding carboxylic acids is 2. The van der Waals surface area contributed by atoms with Crippen LogP contribution in [-0.2, 0) is 27.8 Å². The first-order valence-electron chi connectivity index (χ1n) is 11.2. The second-order valence-electron chi connectivity index (χ2n) is 9.21. The molecular formula is C20H40N2O8P2. The summed E-state index contributed by atoms with van der Waals surface area (Å²) in [4.78, 5) is 45.6. The van der Waals surface area contributed by atoms with Crippen molar-refractivity contribution in [3.05, 3.63) is 0 Å². The van der Waals surface area contributed by atoms with E-state index in [2.05, 4.69) is 5.32 Å². The molecule has 1 fully saturated rings. The summed E-state index contributed by atoms with van der Waals surface area (Å²) >= 11 is 0. The Morgan fingerprint density at radius 1 is 1.03 bits per heavy atom. The highest BCUT2D eigenvalue weighted by Gasteiger charge is 2.36. The highest BCUT2D eigenvalue weighted by molar-refractivity contribution is 7.54. The minimum absolute atomic E-state index is 0.0545. The maximum absolute atomic E-state index is 12.5. The molecule has 1 rings (SSSR count). The zero-order valence-electron chi connectivity index (χ0n) is 19.7. The Labute approximate surface area is 191 Å². The van der Waals surface area contributed by atoms with Gasteiger partial charge in [-0.1, -0.05) is 6.42 Å². The Bertz CT molecular complexity index is 704. The van der Waals surface area contributed by atoms with Crippen LogP contribution in [-0.4, -0.2) is 70.7 Å². The summed E-state index contributed by atoms with van der Waals surface area (Å²) in [7, 11) is -7.12. The topological polar surface area (TPSA) is 142 Å². The molecule has 0 bridgehead atoms. The summed E-state index contributed by atoms with van der Waals surface area (Å²) in [5, 5.41) is 2.02. The van der Waals surface area contributed by atoms with Crippen LogP contribution in [0.2, 0.25) is 0 Å². The van der Waals surface area contributed by atoms with Crippen molar-refractivity contribution in [2.75, 3.05) is 33.0 Å². The van der Waals surface area contributed by atoms with Crippen molar-refractivity contribution in [3.8, 4) is 0 Å². The van der Waals surface area contributed by atoms with E-state index in [1.807, 2.05) is 0 Å². The van der Waals surface area contributed by atoms with Crippen LogP contribution in [0.3, 0.4) is 0 Å². The average Bonchev–Trinajstić information content (AvgIpc) is 3.15. The maximum atomic E-state index is 12.5. The van der Waals surface area contributed by atoms with E-state index in [9.17, 15) is 23.6 Å². The molecule has 32 heavy (non-hydrogen) atoms. The van der Waals surface area contributed by atoms with E-state index in [1.54, 1.807) is 25.7 Å². The first-order chi connectivity index (χ1) is 14.7. The summed E-state index contributed by atoms with van der Waals surface area (Å²) in [6.45, 7) is 7.41. The summed E-state index contributed by atoms with van der Waals surface area (Å²) in [6.07, 6.45) is 4.84. The lowest BCUT2D eigenvalue weighted by Crippen LogP contribution is -2.46. The van der Waals surface area contributed by atoms with E-state index in [1.165, 1.54) is 0 Å². The van der Waals surface area contributed by atoms with Gasteiger partial charge in [-0.15, -0.1) is 0 Å². The number of hydrogen-bond acceptors (Lipinski definition) is 6. The van der Waals surface area contributed by atoms with Crippen molar-refractivity contribution in [2.45, 2.75) is 83.3 Å². The van der Waals surface area contributed by atoms with Gasteiger partial charge in [-0.25, -0.2) is 0 Å². The number of carbonyl (C=O) groups is 2. The number of nitrogens with zero attached hydrogens (tertiary/aromatic N) is 1. The first-order valence-corrected chi connectivity index (χ1v) is 14.8. The van der Waals surface area contributed by atoms with Crippen LogP contribution < -0.4 is 5.32 Å². The van der Waals surface area contributed by atoms with Gasteiger partial charge in [0.15, 0.2) is 0 Å². The van der Waals surface area contributed by atoms with E-state index in [4.69, 9.17) is 13.9 Å². The van der Waals surface area contributed by atoms with Crippen LogP contribution in [0.4, 0.5) is 0 Å². The molecule has 3 N–H and O–H groups in total. The zero-order valence-corrected chi connectivity index (χ0v) is 21.5. The van der Waals surface area contributed by atoms with Crippen LogP contribution >= 0.6 is 15.2 Å². The molecule has 3 atom stereocenters. The molecule has 0 radical (unpaired) electrons. The van der Waals surface area contributed by atoms with Gasteiger partial charge in [0.2, 0.25) is 11.8 Å². The predicted octanol–water partition coefficient (Wildman–Crippen LogP) is 3.27. The van der Waals surface area contributed by atoms with Gasteiger partial charge in [0.05, 0.1) is 18.4 Å². The Balaban J connectivity index is 2.25. The molecule has 2 unspecified atom stereocenters. The molecule has 1 aliphatic rings. The van der Waals surface area contributed by atoms with E-state index < -0.39 is 26.4 Å². The molecule has 0 aliphatic carbocycles. The fourth-order valence-electron chi connectivity index (χ4n) is 3.21. The van der Waals surface area contributed by atoms with Crippen molar-refractivity contribution >= 4 is 27.0 Å². The summed E-state index contributed by atoms with van der Waals surface area (Å²) in [5.74, 6) is -0.226. The third kappa shape index (κ3) is 10.9. The zero-order chi connectivity index (χ0) is 24.4. The molecule has 0 spiro atoms. The summed E-state index contributed by atoms with van der Waals surface area (Å²) in [5.41, 5.74) is 0. The molecule has 1 heterocycles. The van der Waals surface area contributed by atoms with E-state index >= 15 is 0 Å². The molecular weight excluding hydrogens is 458 g/mol. The molecule has 1 aliphatic heterocycles. The summed E-state index contributed by atoms with van der Waals surface area (Å²) < 4.78 is 33.0. The van der Waals surface area contributed by atoms with E-state index in [0.717, 1.165) is 13.1 Å². The Kier molecular flexibility index (Phi) is 12.1. The number of likely N-dealkylation sites (tertiary alicyclic amines) is 1. The minimum Gasteiger partial charge on any atom is -0.354 e. The first kappa shape index (κ1) is 29.3. The normalized spacial score (nSPS) is 20.6. The average molecular weight is 498 g/mol. The smallest absolute Gasteiger partial charge is 0.333 e. The lowest BCUT2D eigenvalue weighted by atomic mass is 10.1. The van der Waals surface area contributed by atoms with Gasteiger partial charge in [0, 0.05) is 26.2 Å². The van der Waals surface area contributed by atoms with Gasteiger partial charge < -0.3 is 29.1 Å². The van der Waals surface area contributed by atoms with Crippen molar-refractivity contribution < 1.29 is 37.6 Å². The molecule has 0 aromatic heterocycles. The SMILES string of the molecule is CC(C)(C)P(=O)(O)OCCCCNC(=O)[C@@H]1CCCN1C(=O)CCCCCOP(C)(=O)O. The van der Waals surface area contributed by atoms with Gasteiger partial charge in [0.25, 0.3) is 0 Å². The number of nitrogens with one attached hydrogen (secondary N) is 1. The highest BCUT2D eigenvalue weighted by atomic mass is 31.2. The van der Waals surface area contributed by atoms with Crippen LogP contribution in [0.5, 0.6) is 0 Å². The molecule has 1 saturated heterocycles. The van der Waals surface area contributed by atoms with Gasteiger partial charge >= 0.3 is 15.2 Å². The van der Waals surface area contributed by atoms with Crippen molar-refractivity contribution in [1.29, 1.82) is 0 Å². The maximum Gasteiger partial charge on any atom is 0.333 e. The number of rotatable bonds is 14. The number of unbranched alkanes of at least 4 members (excludes halogenated alkanes) is 3. The highest BCUT2D eigenvalue weighted by Crippen LogP contribution is 2.54. The molecule has 10 nitrogen and oxygen atoms in total. The molecule has 188 valence electrons. The van der Waals surface area contributed by atoms with Crippen LogP contribution in [0, 0.1) is 0 Å². The Hall–Kier alpha value is -0.760. The second kappa shape index (κ2) is 13.2. The molecule has 0 saturated carbocycles. The van der Waals surface area contributed by atoms with E-state index in [0.29, 0.717) is 58.0 Å². The van der Waals surface area contributed by atoms with Crippen molar-refractivity contribution in [3.63, 3.8) is 0 Å². The third-order valence-electron chi connectivity index (χ3n) is 5.23. The standard InChI is InChI=1S/C20H40N2O8P2/c1-20(2,3)32(27,28)30-16-9-7-13-21-19(24)17-11-10-14-22(17)18(23)12-6-5-8-15-29-31(4,25)26/h17H,5-16H2,1-4H3,(H,21,24)(H,25,26)(H,27,28)/t17-/m0/s1. The number of hydrogen-bond donors (Lipinski definition) is 3. The van der Waals surface area contributed by atoms with Crippen molar-refractivity contribution in [2.24, 2.45) is 0 Å². The summed E-state index contributed by atoms with van der Waals surface area (Å²) in [6, 6.07) is -0.457. The lowest BCUT2D eigenvalue weighted by Gasteiger charge is -2.25. The van der Waals surface area contributed by atoms with Gasteiger partial charge in [-0.05, 0) is 59.3 Å². The predicted molar refractivity (Wildman–Crippen MR) is 123 cm³/mol. The Morgan fingerprint density at radius 3 is 2.28 bits per heavy atom. The molecule has 0 aromatic rings. The van der Waals surface area contributed by atoms with Crippen molar-refractivity contribution in [1.82, 2.24) is 10.2 Å². The largest absolute Gasteiger partial charge is 0.354 e. The van der Waals surface area contributed by atoms with Gasteiger partial charge in [-0.2, -0.15) is 0 Å². The fraction of sp³-hybridized carbons (Fsp3) is 0.900. The lowest BCUT2D eigenvalue weighted by molar-refractivity contribution is -0.138. The van der Waals surface area contributed by atoms with Crippen LogP contribution in [0.1, 0.15) is 72.1 Å². The third-order valence-corrected chi connectivity index (χ3v) is 8.12.